The van der Waals surface area contributed by atoms with E-state index in [1.54, 1.807) is 23.0 Å². The Morgan fingerprint density at radius 1 is 1.40 bits per heavy atom. The van der Waals surface area contributed by atoms with Gasteiger partial charge in [-0.25, -0.2) is 9.50 Å². The summed E-state index contributed by atoms with van der Waals surface area (Å²) in [6.07, 6.45) is 3.42. The molecular formula is C16H15N5O3S. The second kappa shape index (κ2) is 6.60. The number of benzene rings is 1. The minimum atomic E-state index is -0.140. The number of fused-ring (bicyclic) bond motifs is 2. The zero-order chi connectivity index (χ0) is 17.2. The summed E-state index contributed by atoms with van der Waals surface area (Å²) in [6.45, 7) is 2.16. The molecule has 3 heterocycles. The number of nitrogens with one attached hydrogen (secondary N) is 1. The van der Waals surface area contributed by atoms with Gasteiger partial charge in [-0.1, -0.05) is 17.8 Å². The van der Waals surface area contributed by atoms with Gasteiger partial charge < -0.3 is 14.8 Å². The van der Waals surface area contributed by atoms with E-state index in [1.807, 2.05) is 25.1 Å². The first-order valence-electron chi connectivity index (χ1n) is 7.68. The Labute approximate surface area is 147 Å². The lowest BCUT2D eigenvalue weighted by Crippen LogP contribution is -2.28. The zero-order valence-electron chi connectivity index (χ0n) is 13.4. The Balaban J connectivity index is 1.35. The summed E-state index contributed by atoms with van der Waals surface area (Å²) in [6, 6.07) is 7.29. The molecule has 8 nitrogen and oxygen atoms in total. The molecule has 9 heteroatoms. The van der Waals surface area contributed by atoms with Crippen LogP contribution in [0.1, 0.15) is 18.5 Å². The van der Waals surface area contributed by atoms with Crippen molar-refractivity contribution in [1.29, 1.82) is 0 Å². The first kappa shape index (κ1) is 15.7. The lowest BCUT2D eigenvalue weighted by atomic mass is 10.1. The van der Waals surface area contributed by atoms with Crippen LogP contribution in [0.15, 0.2) is 41.8 Å². The predicted octanol–water partition coefficient (Wildman–Crippen LogP) is 1.82. The van der Waals surface area contributed by atoms with E-state index in [9.17, 15) is 4.79 Å². The van der Waals surface area contributed by atoms with E-state index in [2.05, 4.69) is 20.4 Å². The molecule has 0 bridgehead atoms. The molecule has 1 aromatic carbocycles. The van der Waals surface area contributed by atoms with E-state index in [0.717, 1.165) is 11.3 Å². The zero-order valence-corrected chi connectivity index (χ0v) is 14.2. The minimum absolute atomic E-state index is 0.0954. The molecule has 128 valence electrons. The highest BCUT2D eigenvalue weighted by molar-refractivity contribution is 7.99. The SMILES string of the molecule is C[C@H](NC(=O)CSc1nc2ncccn2n1)c1ccc2c(c1)OCO2. The van der Waals surface area contributed by atoms with E-state index in [0.29, 0.717) is 16.7 Å². The van der Waals surface area contributed by atoms with Crippen molar-refractivity contribution in [1.82, 2.24) is 24.9 Å². The standard InChI is InChI=1S/C16H15N5O3S/c1-10(11-3-4-12-13(7-11)24-9-23-12)18-14(22)8-25-16-19-15-17-5-2-6-21(15)20-16/h2-7,10H,8-9H2,1H3,(H,18,22)/t10-/m0/s1. The summed E-state index contributed by atoms with van der Waals surface area (Å²) < 4.78 is 12.2. The number of aromatic nitrogens is 4. The third-order valence-electron chi connectivity index (χ3n) is 3.70. The molecule has 3 aromatic rings. The van der Waals surface area contributed by atoms with Crippen molar-refractivity contribution in [2.45, 2.75) is 18.1 Å². The molecule has 1 N–H and O–H groups in total. The summed E-state index contributed by atoms with van der Waals surface area (Å²) in [5, 5.41) is 7.73. The average molecular weight is 357 g/mol. The molecule has 1 atom stereocenters. The number of ether oxygens (including phenoxy) is 2. The van der Waals surface area contributed by atoms with Gasteiger partial charge in [0.05, 0.1) is 11.8 Å². The Morgan fingerprint density at radius 3 is 3.16 bits per heavy atom. The summed E-state index contributed by atoms with van der Waals surface area (Å²) >= 11 is 1.27. The third kappa shape index (κ3) is 3.36. The van der Waals surface area contributed by atoms with Gasteiger partial charge in [-0.3, -0.25) is 4.79 Å². The fourth-order valence-electron chi connectivity index (χ4n) is 2.45. The highest BCUT2D eigenvalue weighted by atomic mass is 32.2. The van der Waals surface area contributed by atoms with E-state index < -0.39 is 0 Å². The van der Waals surface area contributed by atoms with Gasteiger partial charge in [0.15, 0.2) is 11.5 Å². The molecule has 1 aliphatic heterocycles. The van der Waals surface area contributed by atoms with Gasteiger partial charge in [0.1, 0.15) is 0 Å². The van der Waals surface area contributed by atoms with Crippen LogP contribution in [0.4, 0.5) is 0 Å². The molecule has 0 unspecified atom stereocenters. The van der Waals surface area contributed by atoms with Crippen molar-refractivity contribution in [3.8, 4) is 11.5 Å². The van der Waals surface area contributed by atoms with Crippen LogP contribution < -0.4 is 14.8 Å². The molecule has 0 saturated heterocycles. The monoisotopic (exact) mass is 357 g/mol. The topological polar surface area (TPSA) is 90.6 Å². The number of carbonyl (C=O) groups excluding carboxylic acids is 1. The van der Waals surface area contributed by atoms with Gasteiger partial charge in [-0.2, -0.15) is 4.98 Å². The van der Waals surface area contributed by atoms with Crippen molar-refractivity contribution in [2.75, 3.05) is 12.5 Å². The number of rotatable bonds is 5. The van der Waals surface area contributed by atoms with Gasteiger partial charge in [-0.05, 0) is 30.7 Å². The van der Waals surface area contributed by atoms with Gasteiger partial charge in [0.2, 0.25) is 17.9 Å². The number of thioether (sulfide) groups is 1. The molecule has 2 aromatic heterocycles. The van der Waals surface area contributed by atoms with Crippen LogP contribution in [0.3, 0.4) is 0 Å². The van der Waals surface area contributed by atoms with Crippen LogP contribution in [-0.4, -0.2) is 38.0 Å². The molecule has 0 spiro atoms. The van der Waals surface area contributed by atoms with Crippen LogP contribution in [0.2, 0.25) is 0 Å². The second-order valence-corrected chi connectivity index (χ2v) is 6.39. The number of nitrogens with zero attached hydrogens (tertiary/aromatic N) is 4. The molecular weight excluding hydrogens is 342 g/mol. The molecule has 4 rings (SSSR count). The van der Waals surface area contributed by atoms with Crippen LogP contribution in [0, 0.1) is 0 Å². The Bertz CT molecular complexity index is 896. The number of hydrogen-bond acceptors (Lipinski definition) is 7. The Kier molecular flexibility index (Phi) is 4.14. The quantitative estimate of drug-likeness (QED) is 0.697. The van der Waals surface area contributed by atoms with Gasteiger partial charge in [0.25, 0.3) is 5.78 Å². The van der Waals surface area contributed by atoms with Crippen LogP contribution >= 0.6 is 11.8 Å². The molecule has 0 aliphatic carbocycles. The van der Waals surface area contributed by atoms with Crippen LogP contribution in [-0.2, 0) is 4.79 Å². The highest BCUT2D eigenvalue weighted by Gasteiger charge is 2.17. The van der Waals surface area contributed by atoms with Gasteiger partial charge in [-0.15, -0.1) is 5.10 Å². The molecule has 25 heavy (non-hydrogen) atoms. The average Bonchev–Trinajstić information content (AvgIpc) is 3.25. The highest BCUT2D eigenvalue weighted by Crippen LogP contribution is 2.34. The van der Waals surface area contributed by atoms with Crippen molar-refractivity contribution >= 4 is 23.4 Å². The minimum Gasteiger partial charge on any atom is -0.454 e. The second-order valence-electron chi connectivity index (χ2n) is 5.45. The van der Waals surface area contributed by atoms with Crippen molar-refractivity contribution < 1.29 is 14.3 Å². The fraction of sp³-hybridized carbons (Fsp3) is 0.250. The van der Waals surface area contributed by atoms with Gasteiger partial charge >= 0.3 is 0 Å². The van der Waals surface area contributed by atoms with E-state index in [-0.39, 0.29) is 24.5 Å². The predicted molar refractivity (Wildman–Crippen MR) is 90.6 cm³/mol. The molecule has 0 saturated carbocycles. The maximum Gasteiger partial charge on any atom is 0.253 e. The van der Waals surface area contributed by atoms with Crippen molar-refractivity contribution in [3.63, 3.8) is 0 Å². The Morgan fingerprint density at radius 2 is 2.28 bits per heavy atom. The fourth-order valence-corrected chi connectivity index (χ4v) is 3.09. The maximum atomic E-state index is 12.2. The summed E-state index contributed by atoms with van der Waals surface area (Å²) in [4.78, 5) is 20.5. The third-order valence-corrected chi connectivity index (χ3v) is 4.54. The first-order valence-corrected chi connectivity index (χ1v) is 8.67. The first-order chi connectivity index (χ1) is 12.2. The van der Waals surface area contributed by atoms with Crippen molar-refractivity contribution in [2.24, 2.45) is 0 Å². The number of amides is 1. The van der Waals surface area contributed by atoms with E-state index in [4.69, 9.17) is 9.47 Å². The number of hydrogen-bond donors (Lipinski definition) is 1. The lowest BCUT2D eigenvalue weighted by molar-refractivity contribution is -0.119. The van der Waals surface area contributed by atoms with Crippen LogP contribution in [0.5, 0.6) is 11.5 Å². The van der Waals surface area contributed by atoms with Crippen molar-refractivity contribution in [3.05, 3.63) is 42.2 Å². The smallest absolute Gasteiger partial charge is 0.253 e. The van der Waals surface area contributed by atoms with Gasteiger partial charge in [0, 0.05) is 12.4 Å². The summed E-state index contributed by atoms with van der Waals surface area (Å²) in [5.74, 6) is 2.08. The lowest BCUT2D eigenvalue weighted by Gasteiger charge is -2.14. The summed E-state index contributed by atoms with van der Waals surface area (Å²) in [7, 11) is 0. The van der Waals surface area contributed by atoms with E-state index in [1.165, 1.54) is 11.8 Å². The normalized spacial score (nSPS) is 13.8. The largest absolute Gasteiger partial charge is 0.454 e. The van der Waals surface area contributed by atoms with E-state index >= 15 is 0 Å². The molecule has 1 aliphatic rings. The summed E-state index contributed by atoms with van der Waals surface area (Å²) in [5.41, 5.74) is 0.956. The number of carbonyl (C=O) groups is 1. The molecule has 0 fully saturated rings. The maximum absolute atomic E-state index is 12.2. The molecule has 0 radical (unpaired) electrons. The van der Waals surface area contributed by atoms with Crippen LogP contribution in [0.25, 0.3) is 5.78 Å². The Hall–Kier alpha value is -2.81. The molecule has 1 amide bonds.